The summed E-state index contributed by atoms with van der Waals surface area (Å²) in [4.78, 5) is 30.0. The lowest BCUT2D eigenvalue weighted by Gasteiger charge is -2.13. The van der Waals surface area contributed by atoms with Crippen molar-refractivity contribution in [1.82, 2.24) is 9.55 Å². The summed E-state index contributed by atoms with van der Waals surface area (Å²) in [6, 6.07) is 5.92. The highest BCUT2D eigenvalue weighted by Gasteiger charge is 2.19. The SMILES string of the molecule is CCCc1nc2scc(-c3cc(C)ccc3OC)c2c(=O)n1CCCC(N)=O. The second kappa shape index (κ2) is 8.56. The Morgan fingerprint density at radius 2 is 2.11 bits per heavy atom. The Bertz CT molecular complexity index is 1070. The Hall–Kier alpha value is -2.67. The van der Waals surface area contributed by atoms with Gasteiger partial charge in [0, 0.05) is 35.9 Å². The number of aryl methyl sites for hydroxylation is 2. The van der Waals surface area contributed by atoms with Crippen molar-refractivity contribution < 1.29 is 9.53 Å². The molecule has 2 aromatic heterocycles. The van der Waals surface area contributed by atoms with E-state index in [2.05, 4.69) is 6.92 Å². The number of nitrogens with two attached hydrogens (primary N) is 1. The molecule has 0 atom stereocenters. The van der Waals surface area contributed by atoms with Crippen molar-refractivity contribution in [3.05, 3.63) is 45.3 Å². The topological polar surface area (TPSA) is 87.2 Å². The smallest absolute Gasteiger partial charge is 0.262 e. The van der Waals surface area contributed by atoms with Gasteiger partial charge in [0.2, 0.25) is 5.91 Å². The highest BCUT2D eigenvalue weighted by Crippen LogP contribution is 2.37. The second-order valence-corrected chi connectivity index (χ2v) is 7.70. The molecule has 28 heavy (non-hydrogen) atoms. The van der Waals surface area contributed by atoms with Crippen LogP contribution in [0.25, 0.3) is 21.3 Å². The van der Waals surface area contributed by atoms with E-state index < -0.39 is 0 Å². The molecule has 0 aliphatic heterocycles. The number of ether oxygens (including phenoxy) is 1. The third kappa shape index (κ3) is 3.94. The predicted octanol–water partition coefficient (Wildman–Crippen LogP) is 3.66. The molecule has 2 N–H and O–H groups in total. The van der Waals surface area contributed by atoms with Crippen LogP contribution in [0.3, 0.4) is 0 Å². The third-order valence-corrected chi connectivity index (χ3v) is 5.57. The number of aromatic nitrogens is 2. The molecule has 0 unspecified atom stereocenters. The van der Waals surface area contributed by atoms with Crippen molar-refractivity contribution in [1.29, 1.82) is 0 Å². The Balaban J connectivity index is 2.19. The van der Waals surface area contributed by atoms with Crippen LogP contribution in [0.1, 0.15) is 37.6 Å². The standard InChI is InChI=1S/C21H25N3O3S/c1-4-6-18-23-20-19(21(26)24(18)10-5-7-17(22)25)15(12-28-20)14-11-13(2)8-9-16(14)27-3/h8-9,11-12H,4-7,10H2,1-3H3,(H2,22,25). The van der Waals surface area contributed by atoms with Crippen LogP contribution in [0.15, 0.2) is 28.4 Å². The van der Waals surface area contributed by atoms with E-state index >= 15 is 0 Å². The average Bonchev–Trinajstić information content (AvgIpc) is 3.08. The first-order valence-electron chi connectivity index (χ1n) is 9.40. The highest BCUT2D eigenvalue weighted by molar-refractivity contribution is 7.17. The monoisotopic (exact) mass is 399 g/mol. The molecule has 3 aromatic rings. The molecular weight excluding hydrogens is 374 g/mol. The van der Waals surface area contributed by atoms with E-state index in [1.165, 1.54) is 11.3 Å². The molecule has 2 heterocycles. The van der Waals surface area contributed by atoms with Gasteiger partial charge in [-0.25, -0.2) is 4.98 Å². The van der Waals surface area contributed by atoms with E-state index in [4.69, 9.17) is 15.5 Å². The molecule has 0 spiro atoms. The van der Waals surface area contributed by atoms with Gasteiger partial charge in [-0.1, -0.05) is 18.6 Å². The van der Waals surface area contributed by atoms with Crippen molar-refractivity contribution in [2.45, 2.75) is 46.1 Å². The molecule has 0 bridgehead atoms. The number of hydrogen-bond acceptors (Lipinski definition) is 5. The lowest BCUT2D eigenvalue weighted by Crippen LogP contribution is -2.26. The Labute approximate surface area is 168 Å². The maximum atomic E-state index is 13.4. The molecule has 7 heteroatoms. The lowest BCUT2D eigenvalue weighted by atomic mass is 10.0. The molecule has 3 rings (SSSR count). The van der Waals surface area contributed by atoms with Crippen LogP contribution < -0.4 is 16.0 Å². The summed E-state index contributed by atoms with van der Waals surface area (Å²) in [5, 5.41) is 2.58. The quantitative estimate of drug-likeness (QED) is 0.626. The zero-order valence-corrected chi connectivity index (χ0v) is 17.3. The molecule has 0 aliphatic rings. The fourth-order valence-electron chi connectivity index (χ4n) is 3.35. The summed E-state index contributed by atoms with van der Waals surface area (Å²) in [5.41, 5.74) is 8.00. The van der Waals surface area contributed by atoms with Crippen LogP contribution in [0.4, 0.5) is 0 Å². The molecule has 0 aliphatic carbocycles. The molecule has 1 aromatic carbocycles. The average molecular weight is 400 g/mol. The minimum Gasteiger partial charge on any atom is -0.496 e. The van der Waals surface area contributed by atoms with Crippen LogP contribution in [-0.2, 0) is 17.8 Å². The van der Waals surface area contributed by atoms with Crippen molar-refractivity contribution >= 4 is 27.5 Å². The largest absolute Gasteiger partial charge is 0.496 e. The van der Waals surface area contributed by atoms with E-state index in [-0.39, 0.29) is 17.9 Å². The number of rotatable bonds is 8. The van der Waals surface area contributed by atoms with Crippen LogP contribution >= 0.6 is 11.3 Å². The molecule has 0 radical (unpaired) electrons. The second-order valence-electron chi connectivity index (χ2n) is 6.84. The first kappa shape index (κ1) is 20.1. The van der Waals surface area contributed by atoms with Crippen LogP contribution in [0.2, 0.25) is 0 Å². The van der Waals surface area contributed by atoms with Crippen LogP contribution in [0, 0.1) is 6.92 Å². The summed E-state index contributed by atoms with van der Waals surface area (Å²) in [6.07, 6.45) is 2.37. The third-order valence-electron chi connectivity index (χ3n) is 4.70. The number of fused-ring (bicyclic) bond motifs is 1. The zero-order chi connectivity index (χ0) is 20.3. The molecule has 6 nitrogen and oxygen atoms in total. The summed E-state index contributed by atoms with van der Waals surface area (Å²) in [6.45, 7) is 4.50. The molecule has 148 valence electrons. The number of carbonyl (C=O) groups excluding carboxylic acids is 1. The van der Waals surface area contributed by atoms with Crippen molar-refractivity contribution in [3.8, 4) is 16.9 Å². The number of benzene rings is 1. The van der Waals surface area contributed by atoms with Gasteiger partial charge in [-0.05, 0) is 31.9 Å². The maximum absolute atomic E-state index is 13.4. The molecule has 0 fully saturated rings. The van der Waals surface area contributed by atoms with Gasteiger partial charge in [0.15, 0.2) is 0 Å². The van der Waals surface area contributed by atoms with Gasteiger partial charge in [0.25, 0.3) is 5.56 Å². The number of amides is 1. The van der Waals surface area contributed by atoms with Gasteiger partial charge in [-0.3, -0.25) is 14.2 Å². The summed E-state index contributed by atoms with van der Waals surface area (Å²) in [5.74, 6) is 1.12. The normalized spacial score (nSPS) is 11.1. The summed E-state index contributed by atoms with van der Waals surface area (Å²) in [7, 11) is 1.63. The number of nitrogens with zero attached hydrogens (tertiary/aromatic N) is 2. The Morgan fingerprint density at radius 1 is 1.32 bits per heavy atom. The van der Waals surface area contributed by atoms with Gasteiger partial charge >= 0.3 is 0 Å². The first-order chi connectivity index (χ1) is 13.5. The fraction of sp³-hybridized carbons (Fsp3) is 0.381. The number of hydrogen-bond donors (Lipinski definition) is 1. The van der Waals surface area contributed by atoms with E-state index in [0.29, 0.717) is 24.8 Å². The van der Waals surface area contributed by atoms with Gasteiger partial charge in [0.05, 0.1) is 12.5 Å². The minimum absolute atomic E-state index is 0.0715. The number of carbonyl (C=O) groups is 1. The van der Waals surface area contributed by atoms with Crippen molar-refractivity contribution in [2.75, 3.05) is 7.11 Å². The molecule has 1 amide bonds. The zero-order valence-electron chi connectivity index (χ0n) is 16.4. The van der Waals surface area contributed by atoms with Crippen LogP contribution in [-0.4, -0.2) is 22.6 Å². The number of primary amides is 1. The van der Waals surface area contributed by atoms with E-state index in [1.807, 2.05) is 30.5 Å². The van der Waals surface area contributed by atoms with Gasteiger partial charge in [-0.2, -0.15) is 0 Å². The van der Waals surface area contributed by atoms with E-state index in [0.717, 1.165) is 39.5 Å². The highest BCUT2D eigenvalue weighted by atomic mass is 32.1. The Kier molecular flexibility index (Phi) is 6.14. The van der Waals surface area contributed by atoms with Gasteiger partial charge in [0.1, 0.15) is 16.4 Å². The molecule has 0 saturated carbocycles. The Morgan fingerprint density at radius 3 is 2.79 bits per heavy atom. The maximum Gasteiger partial charge on any atom is 0.262 e. The fourth-order valence-corrected chi connectivity index (χ4v) is 4.30. The van der Waals surface area contributed by atoms with Gasteiger partial charge < -0.3 is 10.5 Å². The van der Waals surface area contributed by atoms with Crippen molar-refractivity contribution in [3.63, 3.8) is 0 Å². The summed E-state index contributed by atoms with van der Waals surface area (Å²) >= 11 is 1.47. The van der Waals surface area contributed by atoms with Crippen LogP contribution in [0.5, 0.6) is 5.75 Å². The lowest BCUT2D eigenvalue weighted by molar-refractivity contribution is -0.118. The number of methoxy groups -OCH3 is 1. The minimum atomic E-state index is -0.361. The van der Waals surface area contributed by atoms with Crippen molar-refractivity contribution in [2.24, 2.45) is 5.73 Å². The first-order valence-corrected chi connectivity index (χ1v) is 10.3. The molecular formula is C21H25N3O3S. The number of thiophene rings is 1. The van der Waals surface area contributed by atoms with E-state index in [1.54, 1.807) is 11.7 Å². The molecule has 0 saturated heterocycles. The predicted molar refractivity (Wildman–Crippen MR) is 113 cm³/mol. The summed E-state index contributed by atoms with van der Waals surface area (Å²) < 4.78 is 7.22. The van der Waals surface area contributed by atoms with Gasteiger partial charge in [-0.15, -0.1) is 11.3 Å². The van der Waals surface area contributed by atoms with E-state index in [9.17, 15) is 9.59 Å².